The third-order valence-corrected chi connectivity index (χ3v) is 1.62. The van der Waals surface area contributed by atoms with Gasteiger partial charge in [-0.15, -0.1) is 0 Å². The molecule has 2 N–H and O–H groups in total. The summed E-state index contributed by atoms with van der Waals surface area (Å²) in [5, 5.41) is 17.2. The minimum Gasteiger partial charge on any atom is -0.479 e. The third kappa shape index (κ3) is 3.89. The normalized spacial score (nSPS) is 14.9. The number of ether oxygens (including phenoxy) is 1. The fourth-order valence-electron chi connectivity index (χ4n) is 0.856. The molecule has 0 spiro atoms. The summed E-state index contributed by atoms with van der Waals surface area (Å²) in [6.07, 6.45) is -1.53. The van der Waals surface area contributed by atoms with Crippen molar-refractivity contribution in [1.29, 1.82) is 0 Å². The van der Waals surface area contributed by atoms with Crippen LogP contribution in [-0.2, 0) is 14.3 Å². The van der Waals surface area contributed by atoms with Crippen molar-refractivity contribution in [2.24, 2.45) is 0 Å². The average Bonchev–Trinajstić information content (AvgIpc) is 2.05. The Balaban J connectivity index is 4.19. The molecule has 0 aliphatic rings. The zero-order chi connectivity index (χ0) is 10.4. The van der Waals surface area contributed by atoms with E-state index in [4.69, 9.17) is 14.9 Å². The smallest absolute Gasteiger partial charge is 0.332 e. The van der Waals surface area contributed by atoms with Gasteiger partial charge in [0.25, 0.3) is 0 Å². The summed E-state index contributed by atoms with van der Waals surface area (Å²) in [7, 11) is 0. The summed E-state index contributed by atoms with van der Waals surface area (Å²) < 4.78 is 4.87. The van der Waals surface area contributed by atoms with E-state index in [0.717, 1.165) is 0 Å². The molecule has 0 aromatic heterocycles. The summed E-state index contributed by atoms with van der Waals surface area (Å²) in [6, 6.07) is 0. The first-order valence-corrected chi connectivity index (χ1v) is 4.13. The first-order chi connectivity index (χ1) is 6.02. The molecule has 0 bridgehead atoms. The monoisotopic (exact) mass is 190 g/mol. The number of hydrogen-bond donors (Lipinski definition) is 2. The van der Waals surface area contributed by atoms with Crippen LogP contribution in [-0.4, -0.2) is 34.4 Å². The van der Waals surface area contributed by atoms with E-state index in [2.05, 4.69) is 0 Å². The van der Waals surface area contributed by atoms with Crippen LogP contribution in [0, 0.1) is 0 Å². The Morgan fingerprint density at radius 1 is 1.08 bits per heavy atom. The number of aliphatic carboxylic acids is 2. The van der Waals surface area contributed by atoms with E-state index >= 15 is 0 Å². The minimum atomic E-state index is -1.12. The average molecular weight is 190 g/mol. The van der Waals surface area contributed by atoms with E-state index in [0.29, 0.717) is 0 Å². The Morgan fingerprint density at radius 2 is 1.38 bits per heavy atom. The van der Waals surface area contributed by atoms with Crippen molar-refractivity contribution < 1.29 is 24.5 Å². The van der Waals surface area contributed by atoms with Gasteiger partial charge < -0.3 is 14.9 Å². The molecular formula is C8H14O5. The highest BCUT2D eigenvalue weighted by atomic mass is 16.5. The van der Waals surface area contributed by atoms with Crippen molar-refractivity contribution in [2.45, 2.75) is 38.9 Å². The topological polar surface area (TPSA) is 83.8 Å². The fraction of sp³-hybridized carbons (Fsp3) is 0.750. The lowest BCUT2D eigenvalue weighted by Crippen LogP contribution is -2.33. The quantitative estimate of drug-likeness (QED) is 0.645. The van der Waals surface area contributed by atoms with Gasteiger partial charge in [-0.05, 0) is 12.8 Å². The molecule has 0 radical (unpaired) electrons. The van der Waals surface area contributed by atoms with E-state index in [9.17, 15) is 9.59 Å². The SMILES string of the molecule is CC[C@H](O[C@H](CC)C(=O)O)C(=O)O. The van der Waals surface area contributed by atoms with Gasteiger partial charge in [0.05, 0.1) is 0 Å². The number of rotatable bonds is 6. The molecule has 0 aromatic rings. The van der Waals surface area contributed by atoms with Crippen LogP contribution in [0.15, 0.2) is 0 Å². The molecule has 2 atom stereocenters. The molecule has 0 fully saturated rings. The van der Waals surface area contributed by atoms with Crippen molar-refractivity contribution in [2.75, 3.05) is 0 Å². The molecular weight excluding hydrogens is 176 g/mol. The molecule has 5 nitrogen and oxygen atoms in total. The van der Waals surface area contributed by atoms with Gasteiger partial charge >= 0.3 is 11.9 Å². The Hall–Kier alpha value is -1.10. The highest BCUT2D eigenvalue weighted by Crippen LogP contribution is 2.06. The summed E-state index contributed by atoms with van der Waals surface area (Å²) in [6.45, 7) is 3.26. The second-order valence-corrected chi connectivity index (χ2v) is 2.61. The van der Waals surface area contributed by atoms with E-state index < -0.39 is 24.1 Å². The maximum atomic E-state index is 10.5. The van der Waals surface area contributed by atoms with Crippen molar-refractivity contribution in [3.05, 3.63) is 0 Å². The van der Waals surface area contributed by atoms with Gasteiger partial charge in [0.1, 0.15) is 0 Å². The summed E-state index contributed by atoms with van der Waals surface area (Å²) in [4.78, 5) is 21.0. The molecule has 0 aliphatic heterocycles. The Labute approximate surface area is 76.3 Å². The molecule has 0 aromatic carbocycles. The van der Waals surface area contributed by atoms with Crippen LogP contribution in [0.25, 0.3) is 0 Å². The summed E-state index contributed by atoms with van der Waals surface area (Å²) in [5.41, 5.74) is 0. The number of carboxylic acids is 2. The molecule has 0 amide bonds. The van der Waals surface area contributed by atoms with Gasteiger partial charge in [0, 0.05) is 0 Å². The fourth-order valence-corrected chi connectivity index (χ4v) is 0.856. The van der Waals surface area contributed by atoms with E-state index in [1.54, 1.807) is 13.8 Å². The number of carboxylic acid groups (broad SMARTS) is 2. The maximum Gasteiger partial charge on any atom is 0.332 e. The largest absolute Gasteiger partial charge is 0.479 e. The number of hydrogen-bond acceptors (Lipinski definition) is 3. The van der Waals surface area contributed by atoms with Crippen LogP contribution in [0.4, 0.5) is 0 Å². The molecule has 0 aliphatic carbocycles. The minimum absolute atomic E-state index is 0.263. The third-order valence-electron chi connectivity index (χ3n) is 1.62. The van der Waals surface area contributed by atoms with Crippen molar-refractivity contribution >= 4 is 11.9 Å². The lowest BCUT2D eigenvalue weighted by Gasteiger charge is -2.16. The maximum absolute atomic E-state index is 10.5. The van der Waals surface area contributed by atoms with Crippen molar-refractivity contribution in [1.82, 2.24) is 0 Å². The lowest BCUT2D eigenvalue weighted by atomic mass is 10.2. The zero-order valence-corrected chi connectivity index (χ0v) is 7.69. The van der Waals surface area contributed by atoms with Crippen LogP contribution in [0.1, 0.15) is 26.7 Å². The Bertz CT molecular complexity index is 169. The van der Waals surface area contributed by atoms with Crippen molar-refractivity contribution in [3.8, 4) is 0 Å². The first kappa shape index (κ1) is 11.9. The van der Waals surface area contributed by atoms with Crippen LogP contribution in [0.5, 0.6) is 0 Å². The molecule has 0 saturated heterocycles. The van der Waals surface area contributed by atoms with E-state index in [1.165, 1.54) is 0 Å². The van der Waals surface area contributed by atoms with Crippen LogP contribution in [0.2, 0.25) is 0 Å². The second-order valence-electron chi connectivity index (χ2n) is 2.61. The van der Waals surface area contributed by atoms with Gasteiger partial charge in [-0.1, -0.05) is 13.8 Å². The van der Waals surface area contributed by atoms with Crippen molar-refractivity contribution in [3.63, 3.8) is 0 Å². The van der Waals surface area contributed by atoms with Crippen LogP contribution in [0.3, 0.4) is 0 Å². The van der Waals surface area contributed by atoms with Gasteiger partial charge in [0.15, 0.2) is 12.2 Å². The molecule has 76 valence electrons. The van der Waals surface area contributed by atoms with Gasteiger partial charge in [-0.3, -0.25) is 0 Å². The molecule has 13 heavy (non-hydrogen) atoms. The molecule has 5 heteroatoms. The highest BCUT2D eigenvalue weighted by molar-refractivity contribution is 5.75. The standard InChI is InChI=1S/C8H14O5/c1-3-5(7(9)10)13-6(4-2)8(11)12/h5-6H,3-4H2,1-2H3,(H,9,10)(H,11,12)/t5-,6+. The van der Waals surface area contributed by atoms with E-state index in [1.807, 2.05) is 0 Å². The second kappa shape index (κ2) is 5.53. The summed E-state index contributed by atoms with van der Waals surface area (Å²) >= 11 is 0. The number of carbonyl (C=O) groups is 2. The predicted octanol–water partition coefficient (Wildman–Crippen LogP) is 0.729. The van der Waals surface area contributed by atoms with Gasteiger partial charge in [-0.25, -0.2) is 9.59 Å². The first-order valence-electron chi connectivity index (χ1n) is 4.13. The van der Waals surface area contributed by atoms with Crippen LogP contribution < -0.4 is 0 Å². The molecule has 0 heterocycles. The Morgan fingerprint density at radius 3 is 1.54 bits per heavy atom. The van der Waals surface area contributed by atoms with Crippen LogP contribution >= 0.6 is 0 Å². The van der Waals surface area contributed by atoms with Gasteiger partial charge in [-0.2, -0.15) is 0 Å². The Kier molecular flexibility index (Phi) is 5.06. The lowest BCUT2D eigenvalue weighted by molar-refractivity contribution is -0.165. The molecule has 0 saturated carbocycles. The molecule has 0 unspecified atom stereocenters. The molecule has 0 rings (SSSR count). The van der Waals surface area contributed by atoms with E-state index in [-0.39, 0.29) is 12.8 Å². The van der Waals surface area contributed by atoms with Gasteiger partial charge in [0.2, 0.25) is 0 Å². The zero-order valence-electron chi connectivity index (χ0n) is 7.69. The summed E-state index contributed by atoms with van der Waals surface area (Å²) in [5.74, 6) is -2.25. The predicted molar refractivity (Wildman–Crippen MR) is 44.5 cm³/mol. The highest BCUT2D eigenvalue weighted by Gasteiger charge is 2.24.